The largest absolute Gasteiger partial charge is 0.453 e. The van der Waals surface area contributed by atoms with E-state index in [0.717, 1.165) is 28.8 Å². The van der Waals surface area contributed by atoms with E-state index >= 15 is 4.39 Å². The van der Waals surface area contributed by atoms with Crippen LogP contribution in [-0.4, -0.2) is 53.3 Å². The van der Waals surface area contributed by atoms with E-state index in [2.05, 4.69) is 0 Å². The number of pyridine rings is 1. The summed E-state index contributed by atoms with van der Waals surface area (Å²) in [5.74, 6) is -0.397. The van der Waals surface area contributed by atoms with Crippen LogP contribution in [0, 0.1) is 19.7 Å². The van der Waals surface area contributed by atoms with Crippen molar-refractivity contribution in [2.75, 3.05) is 26.8 Å². The normalized spacial score (nSPS) is 16.6. The predicted molar refractivity (Wildman–Crippen MR) is 123 cm³/mol. The number of ether oxygens (including phenoxy) is 2. The standard InChI is InChI=1S/C22H24ClFN4O3S/c1-12-6-15(32-25)8-17(24)20(12)21-18(28-10-13(2)16(23)9-19(28)26-21)7-14-11-27(4-5-31-14)22(29)30-3/h6,8-10,14H,4-5,7,11,25H2,1-3H3. The number of amides is 1. The molecule has 2 N–H and O–H groups in total. The number of benzene rings is 1. The quantitative estimate of drug-likeness (QED) is 0.560. The number of aromatic nitrogens is 2. The van der Waals surface area contributed by atoms with Gasteiger partial charge in [0.05, 0.1) is 37.8 Å². The molecule has 1 aliphatic heterocycles. The number of morpholine rings is 1. The Bertz CT molecular complexity index is 1160. The van der Waals surface area contributed by atoms with Gasteiger partial charge in [0.15, 0.2) is 0 Å². The lowest BCUT2D eigenvalue weighted by Crippen LogP contribution is -2.46. The number of carbonyl (C=O) groups excluding carboxylic acids is 1. The maximum atomic E-state index is 15.2. The van der Waals surface area contributed by atoms with Crippen LogP contribution in [0.4, 0.5) is 9.18 Å². The molecule has 0 spiro atoms. The molecule has 1 aromatic carbocycles. The molecule has 0 saturated carbocycles. The molecule has 1 aliphatic rings. The highest BCUT2D eigenvalue weighted by atomic mass is 35.5. The maximum absolute atomic E-state index is 15.2. The highest BCUT2D eigenvalue weighted by Crippen LogP contribution is 2.34. The molecule has 32 heavy (non-hydrogen) atoms. The van der Waals surface area contributed by atoms with Crippen molar-refractivity contribution < 1.29 is 18.7 Å². The lowest BCUT2D eigenvalue weighted by Gasteiger charge is -2.32. The third kappa shape index (κ3) is 4.30. The fourth-order valence-corrected chi connectivity index (χ4v) is 4.61. The van der Waals surface area contributed by atoms with Crippen molar-refractivity contribution in [2.24, 2.45) is 5.14 Å². The van der Waals surface area contributed by atoms with Crippen LogP contribution in [0.5, 0.6) is 0 Å². The summed E-state index contributed by atoms with van der Waals surface area (Å²) in [5, 5.41) is 6.21. The fourth-order valence-electron chi connectivity index (χ4n) is 4.04. The van der Waals surface area contributed by atoms with E-state index in [1.54, 1.807) is 11.0 Å². The number of rotatable bonds is 4. The Morgan fingerprint density at radius 3 is 2.84 bits per heavy atom. The van der Waals surface area contributed by atoms with Crippen LogP contribution in [0.3, 0.4) is 0 Å². The maximum Gasteiger partial charge on any atom is 0.409 e. The Kier molecular flexibility index (Phi) is 6.62. The van der Waals surface area contributed by atoms with Gasteiger partial charge in [0.2, 0.25) is 0 Å². The second kappa shape index (κ2) is 9.27. The Balaban J connectivity index is 1.82. The first-order valence-electron chi connectivity index (χ1n) is 10.1. The minimum atomic E-state index is -0.397. The van der Waals surface area contributed by atoms with Crippen molar-refractivity contribution in [2.45, 2.75) is 31.3 Å². The number of nitrogens with two attached hydrogens (primary N) is 1. The van der Waals surface area contributed by atoms with Crippen LogP contribution in [0.1, 0.15) is 16.8 Å². The Morgan fingerprint density at radius 2 is 2.16 bits per heavy atom. The summed E-state index contributed by atoms with van der Waals surface area (Å²) < 4.78 is 27.9. The number of hydrogen-bond donors (Lipinski definition) is 1. The van der Waals surface area contributed by atoms with Gasteiger partial charge in [0.25, 0.3) is 0 Å². The van der Waals surface area contributed by atoms with Crippen LogP contribution >= 0.6 is 23.5 Å². The number of carbonyl (C=O) groups is 1. The first-order valence-corrected chi connectivity index (χ1v) is 11.4. The Labute approximate surface area is 194 Å². The summed E-state index contributed by atoms with van der Waals surface area (Å²) >= 11 is 7.33. The zero-order valence-corrected chi connectivity index (χ0v) is 19.6. The minimum Gasteiger partial charge on any atom is -0.453 e. The second-order valence-corrected chi connectivity index (χ2v) is 8.88. The number of hydrogen-bond acceptors (Lipinski definition) is 6. The van der Waals surface area contributed by atoms with Gasteiger partial charge in [-0.25, -0.2) is 14.2 Å². The van der Waals surface area contributed by atoms with Crippen molar-refractivity contribution >= 4 is 35.3 Å². The zero-order valence-electron chi connectivity index (χ0n) is 18.0. The van der Waals surface area contributed by atoms with Gasteiger partial charge in [-0.3, -0.25) is 5.14 Å². The fraction of sp³-hybridized carbons (Fsp3) is 0.364. The number of imidazole rings is 1. The molecule has 0 bridgehead atoms. The summed E-state index contributed by atoms with van der Waals surface area (Å²) in [6.45, 7) is 4.97. The van der Waals surface area contributed by atoms with Crippen LogP contribution in [0.25, 0.3) is 16.9 Å². The van der Waals surface area contributed by atoms with Crippen molar-refractivity contribution in [3.63, 3.8) is 0 Å². The molecule has 3 heterocycles. The smallest absolute Gasteiger partial charge is 0.409 e. The molecule has 1 unspecified atom stereocenters. The molecule has 1 atom stereocenters. The van der Waals surface area contributed by atoms with E-state index in [1.807, 2.05) is 30.5 Å². The van der Waals surface area contributed by atoms with Crippen molar-refractivity contribution in [1.29, 1.82) is 0 Å². The predicted octanol–water partition coefficient (Wildman–Crippen LogP) is 4.39. The number of aryl methyl sites for hydroxylation is 2. The molecule has 10 heteroatoms. The van der Waals surface area contributed by atoms with Gasteiger partial charge in [0, 0.05) is 40.7 Å². The molecule has 1 amide bonds. The molecule has 2 aromatic heterocycles. The summed E-state index contributed by atoms with van der Waals surface area (Å²) in [4.78, 5) is 19.0. The van der Waals surface area contributed by atoms with Crippen LogP contribution < -0.4 is 5.14 Å². The molecule has 0 aliphatic carbocycles. The number of nitrogens with zero attached hydrogens (tertiary/aromatic N) is 3. The topological polar surface area (TPSA) is 82.1 Å². The molecular formula is C22H24ClFN4O3S. The summed E-state index contributed by atoms with van der Waals surface area (Å²) in [6, 6.07) is 5.02. The van der Waals surface area contributed by atoms with Gasteiger partial charge >= 0.3 is 6.09 Å². The zero-order chi connectivity index (χ0) is 23.0. The van der Waals surface area contributed by atoms with Crippen LogP contribution in [0.2, 0.25) is 5.02 Å². The highest BCUT2D eigenvalue weighted by molar-refractivity contribution is 7.97. The molecule has 170 valence electrons. The molecule has 1 fully saturated rings. The lowest BCUT2D eigenvalue weighted by molar-refractivity contribution is -0.0241. The number of halogens is 2. The Morgan fingerprint density at radius 1 is 1.38 bits per heavy atom. The van der Waals surface area contributed by atoms with Gasteiger partial charge in [-0.05, 0) is 49.1 Å². The van der Waals surface area contributed by atoms with Crippen LogP contribution in [-0.2, 0) is 15.9 Å². The van der Waals surface area contributed by atoms with Gasteiger partial charge in [-0.2, -0.15) is 0 Å². The number of fused-ring (bicyclic) bond motifs is 1. The molecule has 1 saturated heterocycles. The third-order valence-electron chi connectivity index (χ3n) is 5.62. The van der Waals surface area contributed by atoms with E-state index in [9.17, 15) is 4.79 Å². The molecule has 3 aromatic rings. The molecule has 4 rings (SSSR count). The average Bonchev–Trinajstić information content (AvgIpc) is 3.09. The van der Waals surface area contributed by atoms with Crippen molar-refractivity contribution in [3.05, 3.63) is 52.1 Å². The summed E-state index contributed by atoms with van der Waals surface area (Å²) in [5.41, 5.74) is 3.93. The summed E-state index contributed by atoms with van der Waals surface area (Å²) in [6.07, 6.45) is 1.63. The third-order valence-corrected chi connectivity index (χ3v) is 6.53. The summed E-state index contributed by atoms with van der Waals surface area (Å²) in [7, 11) is 1.36. The lowest BCUT2D eigenvalue weighted by atomic mass is 10.0. The van der Waals surface area contributed by atoms with Gasteiger partial charge < -0.3 is 18.8 Å². The first kappa shape index (κ1) is 22.8. The Hall–Kier alpha value is -2.33. The monoisotopic (exact) mass is 478 g/mol. The van der Waals surface area contributed by atoms with E-state index in [-0.39, 0.29) is 6.10 Å². The second-order valence-electron chi connectivity index (χ2n) is 7.77. The highest BCUT2D eigenvalue weighted by Gasteiger charge is 2.28. The van der Waals surface area contributed by atoms with Gasteiger partial charge in [-0.1, -0.05) is 11.6 Å². The van der Waals surface area contributed by atoms with E-state index in [4.69, 9.17) is 31.2 Å². The average molecular weight is 479 g/mol. The molecule has 0 radical (unpaired) electrons. The van der Waals surface area contributed by atoms with E-state index < -0.39 is 11.9 Å². The molecule has 7 nitrogen and oxygen atoms in total. The van der Waals surface area contributed by atoms with E-state index in [1.165, 1.54) is 13.2 Å². The van der Waals surface area contributed by atoms with Gasteiger partial charge in [0.1, 0.15) is 11.5 Å². The van der Waals surface area contributed by atoms with Gasteiger partial charge in [-0.15, -0.1) is 0 Å². The van der Waals surface area contributed by atoms with Crippen molar-refractivity contribution in [1.82, 2.24) is 14.3 Å². The first-order chi connectivity index (χ1) is 15.3. The van der Waals surface area contributed by atoms with E-state index in [0.29, 0.717) is 52.9 Å². The minimum absolute atomic E-state index is 0.292. The molecular weight excluding hydrogens is 455 g/mol. The van der Waals surface area contributed by atoms with Crippen LogP contribution in [0.15, 0.2) is 29.3 Å². The SMILES string of the molecule is COC(=O)N1CCOC(Cc2c(-c3c(C)cc(SN)cc3F)nc3cc(Cl)c(C)cn23)C1. The van der Waals surface area contributed by atoms with Crippen molar-refractivity contribution in [3.8, 4) is 11.3 Å². The number of methoxy groups -OCH3 is 1.